The van der Waals surface area contributed by atoms with Gasteiger partial charge >= 0.3 is 0 Å². The number of imidazole rings is 1. The SMILES string of the molecule is Cn1ccnc1CC(Cc1cccc(F)c1)NN. The number of hydrogen-bond donors (Lipinski definition) is 2. The molecule has 18 heavy (non-hydrogen) atoms. The van der Waals surface area contributed by atoms with Gasteiger partial charge in [0.25, 0.3) is 0 Å². The van der Waals surface area contributed by atoms with E-state index in [1.54, 1.807) is 12.3 Å². The smallest absolute Gasteiger partial charge is 0.123 e. The first-order valence-corrected chi connectivity index (χ1v) is 5.86. The van der Waals surface area contributed by atoms with E-state index < -0.39 is 0 Å². The normalized spacial score (nSPS) is 12.6. The number of halogens is 1. The van der Waals surface area contributed by atoms with Gasteiger partial charge in [0.15, 0.2) is 0 Å². The first kappa shape index (κ1) is 12.7. The van der Waals surface area contributed by atoms with Gasteiger partial charge in [-0.15, -0.1) is 0 Å². The maximum absolute atomic E-state index is 13.1. The molecule has 0 spiro atoms. The summed E-state index contributed by atoms with van der Waals surface area (Å²) in [5, 5.41) is 0. The summed E-state index contributed by atoms with van der Waals surface area (Å²) in [7, 11) is 1.94. The van der Waals surface area contributed by atoms with Crippen LogP contribution in [-0.4, -0.2) is 15.6 Å². The highest BCUT2D eigenvalue weighted by atomic mass is 19.1. The van der Waals surface area contributed by atoms with Crippen LogP contribution in [0, 0.1) is 5.82 Å². The van der Waals surface area contributed by atoms with E-state index in [1.807, 2.05) is 23.9 Å². The molecule has 2 rings (SSSR count). The molecular formula is C13H17FN4. The van der Waals surface area contributed by atoms with Crippen molar-refractivity contribution in [3.63, 3.8) is 0 Å². The Labute approximate surface area is 106 Å². The van der Waals surface area contributed by atoms with Gasteiger partial charge in [0.05, 0.1) is 0 Å². The van der Waals surface area contributed by atoms with Crippen LogP contribution >= 0.6 is 0 Å². The number of aryl methyl sites for hydroxylation is 1. The first-order valence-electron chi connectivity index (χ1n) is 5.86. The Morgan fingerprint density at radius 1 is 1.44 bits per heavy atom. The second-order valence-electron chi connectivity index (χ2n) is 4.36. The minimum Gasteiger partial charge on any atom is -0.338 e. The Morgan fingerprint density at radius 3 is 2.89 bits per heavy atom. The van der Waals surface area contributed by atoms with Crippen molar-refractivity contribution in [2.75, 3.05) is 0 Å². The topological polar surface area (TPSA) is 55.9 Å². The van der Waals surface area contributed by atoms with Gasteiger partial charge < -0.3 is 4.57 Å². The predicted octanol–water partition coefficient (Wildman–Crippen LogP) is 1.18. The monoisotopic (exact) mass is 248 g/mol. The Kier molecular flexibility index (Phi) is 4.07. The average molecular weight is 248 g/mol. The molecule has 2 aromatic rings. The molecule has 0 aliphatic heterocycles. The number of benzene rings is 1. The highest BCUT2D eigenvalue weighted by molar-refractivity contribution is 5.17. The molecule has 0 radical (unpaired) electrons. The fourth-order valence-electron chi connectivity index (χ4n) is 1.95. The van der Waals surface area contributed by atoms with Gasteiger partial charge in [-0.1, -0.05) is 12.1 Å². The summed E-state index contributed by atoms with van der Waals surface area (Å²) in [5.74, 6) is 6.28. The van der Waals surface area contributed by atoms with Crippen LogP contribution in [0.25, 0.3) is 0 Å². The van der Waals surface area contributed by atoms with E-state index in [-0.39, 0.29) is 11.9 Å². The number of aromatic nitrogens is 2. The molecule has 0 aliphatic rings. The molecule has 4 nitrogen and oxygen atoms in total. The zero-order chi connectivity index (χ0) is 13.0. The number of hydrazine groups is 1. The molecule has 1 aromatic carbocycles. The summed E-state index contributed by atoms with van der Waals surface area (Å²) in [6, 6.07) is 6.61. The molecule has 1 aromatic heterocycles. The predicted molar refractivity (Wildman–Crippen MR) is 68.1 cm³/mol. The highest BCUT2D eigenvalue weighted by Crippen LogP contribution is 2.09. The van der Waals surface area contributed by atoms with Crippen LogP contribution in [0.3, 0.4) is 0 Å². The van der Waals surface area contributed by atoms with E-state index in [0.29, 0.717) is 12.8 Å². The molecule has 0 fully saturated rings. The minimum absolute atomic E-state index is 0.0351. The second-order valence-corrected chi connectivity index (χ2v) is 4.36. The average Bonchev–Trinajstić information content (AvgIpc) is 2.74. The van der Waals surface area contributed by atoms with Crippen molar-refractivity contribution < 1.29 is 4.39 Å². The molecule has 0 bridgehead atoms. The van der Waals surface area contributed by atoms with E-state index in [0.717, 1.165) is 11.4 Å². The molecule has 0 saturated carbocycles. The van der Waals surface area contributed by atoms with Gasteiger partial charge in [-0.25, -0.2) is 9.37 Å². The third-order valence-corrected chi connectivity index (χ3v) is 2.96. The molecule has 3 N–H and O–H groups in total. The van der Waals surface area contributed by atoms with E-state index in [1.165, 1.54) is 12.1 Å². The molecule has 1 unspecified atom stereocenters. The Morgan fingerprint density at radius 2 is 2.28 bits per heavy atom. The van der Waals surface area contributed by atoms with Crippen molar-refractivity contribution in [1.82, 2.24) is 15.0 Å². The fourth-order valence-corrected chi connectivity index (χ4v) is 1.95. The standard InChI is InChI=1S/C13H17FN4/c1-18-6-5-16-13(18)9-12(17-15)8-10-3-2-4-11(14)7-10/h2-7,12,17H,8-9,15H2,1H3. The highest BCUT2D eigenvalue weighted by Gasteiger charge is 2.12. The van der Waals surface area contributed by atoms with Crippen molar-refractivity contribution in [2.24, 2.45) is 12.9 Å². The van der Waals surface area contributed by atoms with Crippen LogP contribution in [0.15, 0.2) is 36.7 Å². The summed E-state index contributed by atoms with van der Waals surface area (Å²) in [6.45, 7) is 0. The zero-order valence-electron chi connectivity index (χ0n) is 10.3. The number of nitrogens with one attached hydrogen (secondary N) is 1. The van der Waals surface area contributed by atoms with Crippen LogP contribution in [0.1, 0.15) is 11.4 Å². The number of nitrogens with zero attached hydrogens (tertiary/aromatic N) is 2. The van der Waals surface area contributed by atoms with Gasteiger partial charge in [-0.3, -0.25) is 11.3 Å². The third-order valence-electron chi connectivity index (χ3n) is 2.96. The van der Waals surface area contributed by atoms with Gasteiger partial charge in [0.1, 0.15) is 11.6 Å². The summed E-state index contributed by atoms with van der Waals surface area (Å²) in [5.41, 5.74) is 3.68. The van der Waals surface area contributed by atoms with Crippen molar-refractivity contribution in [1.29, 1.82) is 0 Å². The maximum Gasteiger partial charge on any atom is 0.123 e. The van der Waals surface area contributed by atoms with Crippen LogP contribution < -0.4 is 11.3 Å². The number of rotatable bonds is 5. The summed E-state index contributed by atoms with van der Waals surface area (Å²) >= 11 is 0. The van der Waals surface area contributed by atoms with E-state index in [4.69, 9.17) is 5.84 Å². The molecule has 0 amide bonds. The quantitative estimate of drug-likeness (QED) is 0.617. The summed E-state index contributed by atoms with van der Waals surface area (Å²) in [6.07, 6.45) is 5.02. The lowest BCUT2D eigenvalue weighted by molar-refractivity contribution is 0.503. The Hall–Kier alpha value is -1.72. The Bertz CT molecular complexity index is 509. The van der Waals surface area contributed by atoms with Gasteiger partial charge in [0.2, 0.25) is 0 Å². The van der Waals surface area contributed by atoms with E-state index in [9.17, 15) is 4.39 Å². The molecule has 0 aliphatic carbocycles. The largest absolute Gasteiger partial charge is 0.338 e. The first-order chi connectivity index (χ1) is 8.69. The lowest BCUT2D eigenvalue weighted by atomic mass is 10.0. The third kappa shape index (κ3) is 3.15. The van der Waals surface area contributed by atoms with Crippen molar-refractivity contribution >= 4 is 0 Å². The molecule has 1 heterocycles. The van der Waals surface area contributed by atoms with E-state index in [2.05, 4.69) is 10.4 Å². The van der Waals surface area contributed by atoms with Gasteiger partial charge in [-0.2, -0.15) is 0 Å². The van der Waals surface area contributed by atoms with Crippen LogP contribution in [0.4, 0.5) is 4.39 Å². The van der Waals surface area contributed by atoms with Crippen LogP contribution in [0.5, 0.6) is 0 Å². The Balaban J connectivity index is 2.04. The van der Waals surface area contributed by atoms with Gasteiger partial charge in [0, 0.05) is 31.9 Å². The molecular weight excluding hydrogens is 231 g/mol. The minimum atomic E-state index is -0.222. The van der Waals surface area contributed by atoms with Gasteiger partial charge in [-0.05, 0) is 24.1 Å². The lowest BCUT2D eigenvalue weighted by Crippen LogP contribution is -2.39. The van der Waals surface area contributed by atoms with Crippen molar-refractivity contribution in [3.8, 4) is 0 Å². The lowest BCUT2D eigenvalue weighted by Gasteiger charge is -2.15. The molecule has 1 atom stereocenters. The van der Waals surface area contributed by atoms with Crippen LogP contribution in [-0.2, 0) is 19.9 Å². The van der Waals surface area contributed by atoms with Crippen molar-refractivity contribution in [2.45, 2.75) is 18.9 Å². The number of hydrogen-bond acceptors (Lipinski definition) is 3. The second kappa shape index (κ2) is 5.75. The maximum atomic E-state index is 13.1. The number of nitrogens with two attached hydrogens (primary N) is 1. The van der Waals surface area contributed by atoms with Crippen molar-refractivity contribution in [3.05, 3.63) is 53.9 Å². The van der Waals surface area contributed by atoms with E-state index >= 15 is 0 Å². The molecule has 5 heteroatoms. The summed E-state index contributed by atoms with van der Waals surface area (Å²) < 4.78 is 15.0. The zero-order valence-corrected chi connectivity index (χ0v) is 10.3. The fraction of sp³-hybridized carbons (Fsp3) is 0.308. The molecule has 0 saturated heterocycles. The molecule has 96 valence electrons. The summed E-state index contributed by atoms with van der Waals surface area (Å²) in [4.78, 5) is 4.26. The van der Waals surface area contributed by atoms with Crippen LogP contribution in [0.2, 0.25) is 0 Å².